The summed E-state index contributed by atoms with van der Waals surface area (Å²) in [5, 5.41) is 0.292. The van der Waals surface area contributed by atoms with Gasteiger partial charge in [-0.25, -0.2) is 0 Å². The third-order valence-electron chi connectivity index (χ3n) is 1.97. The molecule has 0 aliphatic carbocycles. The Hall–Kier alpha value is -1.49. The van der Waals surface area contributed by atoms with Crippen LogP contribution in [-0.4, -0.2) is 0 Å². The zero-order valence-corrected chi connectivity index (χ0v) is 8.39. The molecule has 0 amide bonds. The molecule has 0 aliphatic heterocycles. The van der Waals surface area contributed by atoms with Crippen molar-refractivity contribution in [2.24, 2.45) is 0 Å². The molecule has 0 spiro atoms. The Morgan fingerprint density at radius 3 is 2.50 bits per heavy atom. The molecular formula is C10H4ClF3O2. The lowest BCUT2D eigenvalue weighted by Crippen LogP contribution is -2.10. The van der Waals surface area contributed by atoms with Crippen LogP contribution in [0.4, 0.5) is 13.2 Å². The molecule has 0 N–H and O–H groups in total. The Morgan fingerprint density at radius 2 is 1.88 bits per heavy atom. The summed E-state index contributed by atoms with van der Waals surface area (Å²) in [6.07, 6.45) is -4.67. The van der Waals surface area contributed by atoms with E-state index in [0.717, 1.165) is 0 Å². The predicted molar refractivity (Wildman–Crippen MR) is 52.5 cm³/mol. The number of benzene rings is 1. The van der Waals surface area contributed by atoms with Crippen molar-refractivity contribution in [2.45, 2.75) is 6.18 Å². The maximum atomic E-state index is 12.3. The summed E-state index contributed by atoms with van der Waals surface area (Å²) in [4.78, 5) is 11.4. The van der Waals surface area contributed by atoms with E-state index in [2.05, 4.69) is 4.42 Å². The van der Waals surface area contributed by atoms with Gasteiger partial charge in [0.05, 0.1) is 5.39 Å². The van der Waals surface area contributed by atoms with E-state index in [-0.39, 0.29) is 16.0 Å². The van der Waals surface area contributed by atoms with E-state index < -0.39 is 17.4 Å². The fraction of sp³-hybridized carbons (Fsp3) is 0.100. The van der Waals surface area contributed by atoms with Crippen LogP contribution in [0.5, 0.6) is 0 Å². The van der Waals surface area contributed by atoms with Gasteiger partial charge in [-0.2, -0.15) is 13.2 Å². The van der Waals surface area contributed by atoms with Gasteiger partial charge in [0.15, 0.2) is 5.43 Å². The zero-order chi connectivity index (χ0) is 11.9. The first-order chi connectivity index (χ1) is 7.38. The van der Waals surface area contributed by atoms with Crippen molar-refractivity contribution in [3.63, 3.8) is 0 Å². The number of rotatable bonds is 0. The maximum Gasteiger partial charge on any atom is 0.449 e. The molecule has 6 heteroatoms. The van der Waals surface area contributed by atoms with Crippen molar-refractivity contribution in [1.29, 1.82) is 0 Å². The highest BCUT2D eigenvalue weighted by Crippen LogP contribution is 2.30. The van der Waals surface area contributed by atoms with Gasteiger partial charge in [-0.05, 0) is 18.2 Å². The lowest BCUT2D eigenvalue weighted by Gasteiger charge is -2.05. The fourth-order valence-corrected chi connectivity index (χ4v) is 1.44. The van der Waals surface area contributed by atoms with Gasteiger partial charge >= 0.3 is 6.18 Å². The van der Waals surface area contributed by atoms with Crippen LogP contribution < -0.4 is 5.43 Å². The second-order valence-electron chi connectivity index (χ2n) is 3.11. The molecule has 0 unspecified atom stereocenters. The Bertz CT molecular complexity index is 601. The maximum absolute atomic E-state index is 12.3. The van der Waals surface area contributed by atoms with Gasteiger partial charge in [0.1, 0.15) is 5.58 Å². The summed E-state index contributed by atoms with van der Waals surface area (Å²) in [5.41, 5.74) is -0.902. The molecule has 1 aromatic heterocycles. The summed E-state index contributed by atoms with van der Waals surface area (Å²) in [6, 6.07) is 4.27. The first-order valence-corrected chi connectivity index (χ1v) is 4.56. The van der Waals surface area contributed by atoms with E-state index in [9.17, 15) is 18.0 Å². The first kappa shape index (κ1) is 11.0. The van der Waals surface area contributed by atoms with Gasteiger partial charge < -0.3 is 4.42 Å². The van der Waals surface area contributed by atoms with Crippen molar-refractivity contribution >= 4 is 22.6 Å². The minimum Gasteiger partial charge on any atom is -0.451 e. The molecule has 1 heterocycles. The second-order valence-corrected chi connectivity index (χ2v) is 3.55. The molecule has 0 radical (unpaired) electrons. The van der Waals surface area contributed by atoms with Crippen molar-refractivity contribution in [3.05, 3.63) is 45.3 Å². The molecule has 2 rings (SSSR count). The monoisotopic (exact) mass is 248 g/mol. The average Bonchev–Trinajstić information content (AvgIpc) is 2.17. The smallest absolute Gasteiger partial charge is 0.449 e. The molecule has 0 bridgehead atoms. The van der Waals surface area contributed by atoms with Crippen LogP contribution in [0.1, 0.15) is 5.76 Å². The van der Waals surface area contributed by atoms with Gasteiger partial charge in [-0.1, -0.05) is 11.6 Å². The predicted octanol–water partition coefficient (Wildman–Crippen LogP) is 3.47. The molecule has 84 valence electrons. The van der Waals surface area contributed by atoms with Crippen LogP contribution in [0, 0.1) is 0 Å². The highest BCUT2D eigenvalue weighted by atomic mass is 35.5. The first-order valence-electron chi connectivity index (χ1n) is 4.18. The van der Waals surface area contributed by atoms with E-state index >= 15 is 0 Å². The fourth-order valence-electron chi connectivity index (χ4n) is 1.27. The molecule has 0 aliphatic rings. The SMILES string of the molecule is O=c1cc(C(F)(F)F)oc2ccc(Cl)cc12. The number of hydrogen-bond donors (Lipinski definition) is 0. The number of halogens is 4. The van der Waals surface area contributed by atoms with Gasteiger partial charge in [0.2, 0.25) is 5.76 Å². The molecule has 1 aromatic carbocycles. The van der Waals surface area contributed by atoms with Crippen LogP contribution in [0.2, 0.25) is 5.02 Å². The number of fused-ring (bicyclic) bond motifs is 1. The van der Waals surface area contributed by atoms with E-state index in [1.807, 2.05) is 0 Å². The molecule has 0 saturated carbocycles. The quantitative estimate of drug-likeness (QED) is 0.715. The summed E-state index contributed by atoms with van der Waals surface area (Å²) in [5.74, 6) is -1.31. The summed E-state index contributed by atoms with van der Waals surface area (Å²) >= 11 is 5.62. The Morgan fingerprint density at radius 1 is 1.19 bits per heavy atom. The highest BCUT2D eigenvalue weighted by molar-refractivity contribution is 6.31. The second kappa shape index (κ2) is 3.52. The average molecular weight is 249 g/mol. The van der Waals surface area contributed by atoms with Gasteiger partial charge in [-0.3, -0.25) is 4.79 Å². The minimum absolute atomic E-state index is 0.0282. The standard InChI is InChI=1S/C10H4ClF3O2/c11-5-1-2-8-6(3-5)7(15)4-9(16-8)10(12,13)14/h1-4H. The third-order valence-corrected chi connectivity index (χ3v) is 2.20. The summed E-state index contributed by atoms with van der Waals surface area (Å²) < 4.78 is 41.5. The Kier molecular flexibility index (Phi) is 2.42. The molecule has 0 atom stereocenters. The van der Waals surface area contributed by atoms with Crippen molar-refractivity contribution in [3.8, 4) is 0 Å². The lowest BCUT2D eigenvalue weighted by molar-refractivity contribution is -0.152. The van der Waals surface area contributed by atoms with Crippen molar-refractivity contribution < 1.29 is 17.6 Å². The van der Waals surface area contributed by atoms with Crippen LogP contribution in [0.3, 0.4) is 0 Å². The Balaban J connectivity index is 2.79. The van der Waals surface area contributed by atoms with E-state index in [1.54, 1.807) is 0 Å². The van der Waals surface area contributed by atoms with Crippen LogP contribution >= 0.6 is 11.6 Å². The Labute approximate surface area is 92.2 Å². The molecule has 2 nitrogen and oxygen atoms in total. The largest absolute Gasteiger partial charge is 0.451 e. The van der Waals surface area contributed by atoms with Gasteiger partial charge in [0.25, 0.3) is 0 Å². The minimum atomic E-state index is -4.67. The topological polar surface area (TPSA) is 30.2 Å². The van der Waals surface area contributed by atoms with Gasteiger partial charge in [-0.15, -0.1) is 0 Å². The van der Waals surface area contributed by atoms with Crippen LogP contribution in [0.15, 0.2) is 33.5 Å². The number of hydrogen-bond acceptors (Lipinski definition) is 2. The van der Waals surface area contributed by atoms with Gasteiger partial charge in [0, 0.05) is 11.1 Å². The normalized spacial score (nSPS) is 12.0. The molecule has 0 saturated heterocycles. The highest BCUT2D eigenvalue weighted by Gasteiger charge is 2.34. The summed E-state index contributed by atoms with van der Waals surface area (Å²) in [7, 11) is 0. The van der Waals surface area contributed by atoms with E-state index in [1.165, 1.54) is 18.2 Å². The van der Waals surface area contributed by atoms with Crippen LogP contribution in [-0.2, 0) is 6.18 Å². The molecule has 2 aromatic rings. The molecular weight excluding hydrogens is 245 g/mol. The number of alkyl halides is 3. The van der Waals surface area contributed by atoms with Crippen molar-refractivity contribution in [1.82, 2.24) is 0 Å². The molecule has 16 heavy (non-hydrogen) atoms. The lowest BCUT2D eigenvalue weighted by atomic mass is 10.2. The zero-order valence-electron chi connectivity index (χ0n) is 7.64. The third kappa shape index (κ3) is 1.90. The van der Waals surface area contributed by atoms with Crippen molar-refractivity contribution in [2.75, 3.05) is 0 Å². The van der Waals surface area contributed by atoms with E-state index in [0.29, 0.717) is 6.07 Å². The van der Waals surface area contributed by atoms with Crippen LogP contribution in [0.25, 0.3) is 11.0 Å². The molecule has 0 fully saturated rings. The van der Waals surface area contributed by atoms with E-state index in [4.69, 9.17) is 11.6 Å². The summed E-state index contributed by atoms with van der Waals surface area (Å²) in [6.45, 7) is 0.